The molecule has 0 spiro atoms. The lowest BCUT2D eigenvalue weighted by molar-refractivity contribution is -0.360. The van der Waals surface area contributed by atoms with E-state index in [-0.39, 0.29) is 17.3 Å². The third-order valence-corrected chi connectivity index (χ3v) is 4.30. The maximum Gasteiger partial charge on any atom is 0.460 e. The Morgan fingerprint density at radius 2 is 1.59 bits per heavy atom. The minimum Gasteiger partial charge on any atom is -0.253 e. The Hall–Kier alpha value is -2.38. The number of anilines is 1. The molecular formula is C15H9F10N3S. The van der Waals surface area contributed by atoms with Gasteiger partial charge < -0.3 is 0 Å². The van der Waals surface area contributed by atoms with Crippen LogP contribution in [0.3, 0.4) is 0 Å². The van der Waals surface area contributed by atoms with Gasteiger partial charge in [-0.1, -0.05) is 6.07 Å². The van der Waals surface area contributed by atoms with Gasteiger partial charge in [-0.15, -0.1) is 11.3 Å². The Bertz CT molecular complexity index is 898. The minimum atomic E-state index is -6.78. The van der Waals surface area contributed by atoms with Crippen molar-refractivity contribution in [2.45, 2.75) is 31.1 Å². The van der Waals surface area contributed by atoms with Crippen LogP contribution < -0.4 is 5.43 Å². The number of hydrazone groups is 1. The number of rotatable bonds is 5. The van der Waals surface area contributed by atoms with Crippen LogP contribution in [0, 0.1) is 6.92 Å². The molecule has 1 aromatic carbocycles. The molecule has 0 amide bonds. The average Bonchev–Trinajstić information content (AvgIpc) is 2.98. The summed E-state index contributed by atoms with van der Waals surface area (Å²) in [7, 11) is 0. The van der Waals surface area contributed by atoms with Gasteiger partial charge in [0.2, 0.25) is 5.13 Å². The van der Waals surface area contributed by atoms with Gasteiger partial charge >= 0.3 is 24.2 Å². The average molecular weight is 453 g/mol. The molecule has 14 heteroatoms. The number of halogens is 10. The fourth-order valence-corrected chi connectivity index (χ4v) is 2.70. The Morgan fingerprint density at radius 1 is 0.966 bits per heavy atom. The van der Waals surface area contributed by atoms with Crippen molar-refractivity contribution in [1.82, 2.24) is 4.98 Å². The largest absolute Gasteiger partial charge is 0.460 e. The number of hydrogen-bond donors (Lipinski definition) is 1. The Kier molecular flexibility index (Phi) is 5.89. The molecule has 0 saturated heterocycles. The van der Waals surface area contributed by atoms with Crippen LogP contribution >= 0.6 is 11.3 Å². The highest BCUT2D eigenvalue weighted by Crippen LogP contribution is 2.54. The van der Waals surface area contributed by atoms with Crippen LogP contribution in [0.4, 0.5) is 49.0 Å². The predicted octanol–water partition coefficient (Wildman–Crippen LogP) is 6.21. The number of aryl methyl sites for hydroxylation is 1. The highest BCUT2D eigenvalue weighted by atomic mass is 32.1. The third-order valence-electron chi connectivity index (χ3n) is 3.43. The molecule has 160 valence electrons. The molecule has 1 aromatic heterocycles. The molecule has 29 heavy (non-hydrogen) atoms. The van der Waals surface area contributed by atoms with Crippen LogP contribution in [0.15, 0.2) is 28.7 Å². The normalized spacial score (nSPS) is 13.9. The molecule has 2 rings (SSSR count). The molecule has 2 aromatic rings. The highest BCUT2D eigenvalue weighted by molar-refractivity contribution is 7.13. The predicted molar refractivity (Wildman–Crippen MR) is 84.4 cm³/mol. The van der Waals surface area contributed by atoms with Gasteiger partial charge in [-0.05, 0) is 24.6 Å². The minimum absolute atomic E-state index is 0.0232. The van der Waals surface area contributed by atoms with E-state index in [1.54, 1.807) is 12.3 Å². The lowest BCUT2D eigenvalue weighted by Gasteiger charge is -2.30. The topological polar surface area (TPSA) is 37.3 Å². The molecule has 0 aliphatic heterocycles. The van der Waals surface area contributed by atoms with E-state index in [1.807, 2.05) is 0 Å². The first-order chi connectivity index (χ1) is 13.1. The molecule has 0 radical (unpaired) electrons. The van der Waals surface area contributed by atoms with Gasteiger partial charge in [-0.2, -0.15) is 49.0 Å². The van der Waals surface area contributed by atoms with Gasteiger partial charge in [0.05, 0.1) is 17.5 Å². The van der Waals surface area contributed by atoms with Gasteiger partial charge in [0.1, 0.15) is 0 Å². The molecule has 0 bridgehead atoms. The molecule has 0 aliphatic rings. The van der Waals surface area contributed by atoms with Crippen molar-refractivity contribution in [2.24, 2.45) is 5.10 Å². The summed E-state index contributed by atoms with van der Waals surface area (Å²) in [6.07, 6.45) is -11.7. The zero-order chi connectivity index (χ0) is 22.3. The summed E-state index contributed by atoms with van der Waals surface area (Å²) in [5.41, 5.74) is -2.52. The monoisotopic (exact) mass is 453 g/mol. The molecule has 3 nitrogen and oxygen atoms in total. The third kappa shape index (κ3) is 4.62. The second-order valence-electron chi connectivity index (χ2n) is 5.61. The summed E-state index contributed by atoms with van der Waals surface area (Å²) in [5, 5.41) is 5.32. The Balaban J connectivity index is 2.49. The van der Waals surface area contributed by atoms with E-state index in [1.165, 1.54) is 0 Å². The first-order valence-electron chi connectivity index (χ1n) is 7.32. The van der Waals surface area contributed by atoms with Crippen molar-refractivity contribution in [1.29, 1.82) is 0 Å². The van der Waals surface area contributed by atoms with Crippen LogP contribution in [-0.4, -0.2) is 23.3 Å². The van der Waals surface area contributed by atoms with Crippen molar-refractivity contribution >= 4 is 22.7 Å². The van der Waals surface area contributed by atoms with E-state index >= 15 is 0 Å². The lowest BCUT2D eigenvalue weighted by Crippen LogP contribution is -2.50. The molecule has 1 heterocycles. The molecule has 0 aliphatic carbocycles. The Morgan fingerprint density at radius 3 is 2.07 bits per heavy atom. The van der Waals surface area contributed by atoms with Crippen LogP contribution in [0.1, 0.15) is 22.4 Å². The molecule has 0 unspecified atom stereocenters. The fraction of sp³-hybridized carbons (Fsp3) is 0.333. The van der Waals surface area contributed by atoms with Gasteiger partial charge in [0.25, 0.3) is 0 Å². The van der Waals surface area contributed by atoms with Gasteiger partial charge in [-0.25, -0.2) is 4.98 Å². The number of aromatic nitrogens is 1. The second-order valence-corrected chi connectivity index (χ2v) is 6.47. The van der Waals surface area contributed by atoms with Crippen LogP contribution in [0.2, 0.25) is 0 Å². The first-order valence-corrected chi connectivity index (χ1v) is 8.20. The maximum atomic E-state index is 14.0. The van der Waals surface area contributed by atoms with Gasteiger partial charge in [0, 0.05) is 10.9 Å². The van der Waals surface area contributed by atoms with Crippen LogP contribution in [0.25, 0.3) is 0 Å². The summed E-state index contributed by atoms with van der Waals surface area (Å²) >= 11 is 1.08. The summed E-state index contributed by atoms with van der Waals surface area (Å²) in [5.74, 6) is -12.9. The number of benzene rings is 1. The number of alkyl halides is 10. The zero-order valence-electron chi connectivity index (χ0n) is 14.0. The number of hydrogen-bond acceptors (Lipinski definition) is 4. The highest BCUT2D eigenvalue weighted by Gasteiger charge is 2.74. The lowest BCUT2D eigenvalue weighted by atomic mass is 9.94. The SMILES string of the molecule is Cc1csc(NN=Cc2ccc(C(F)(F)F)c(C(F)(F)C(F)(F)C(F)(F)F)c2)n1. The molecule has 0 saturated carbocycles. The summed E-state index contributed by atoms with van der Waals surface area (Å²) in [4.78, 5) is 3.91. The van der Waals surface area contributed by atoms with E-state index in [0.29, 0.717) is 18.0 Å². The fourth-order valence-electron chi connectivity index (χ4n) is 2.06. The quantitative estimate of drug-likeness (QED) is 0.332. The molecule has 1 N–H and O–H groups in total. The maximum absolute atomic E-state index is 14.0. The van der Waals surface area contributed by atoms with Crippen molar-refractivity contribution < 1.29 is 43.9 Å². The van der Waals surface area contributed by atoms with Crippen molar-refractivity contribution in [3.63, 3.8) is 0 Å². The molecule has 0 fully saturated rings. The first kappa shape index (κ1) is 22.9. The van der Waals surface area contributed by atoms with Crippen LogP contribution in [-0.2, 0) is 12.1 Å². The van der Waals surface area contributed by atoms with E-state index < -0.39 is 40.9 Å². The number of nitrogens with one attached hydrogen (secondary N) is 1. The van der Waals surface area contributed by atoms with E-state index in [2.05, 4.69) is 15.5 Å². The van der Waals surface area contributed by atoms with Crippen LogP contribution in [0.5, 0.6) is 0 Å². The zero-order valence-corrected chi connectivity index (χ0v) is 14.8. The second kappa shape index (κ2) is 7.46. The van der Waals surface area contributed by atoms with Gasteiger partial charge in [0.15, 0.2) is 0 Å². The number of nitrogens with zero attached hydrogens (tertiary/aromatic N) is 2. The van der Waals surface area contributed by atoms with Crippen molar-refractivity contribution in [2.75, 3.05) is 5.43 Å². The number of thiazole rings is 1. The van der Waals surface area contributed by atoms with Gasteiger partial charge in [-0.3, -0.25) is 5.43 Å². The van der Waals surface area contributed by atoms with E-state index in [4.69, 9.17) is 0 Å². The molecule has 0 atom stereocenters. The van der Waals surface area contributed by atoms with E-state index in [9.17, 15) is 43.9 Å². The standard InChI is InChI=1S/C15H9F10N3S/c1-7-6-29-11(27-7)28-26-5-8-2-3-9(13(18,19)20)10(4-8)12(16,17)14(21,22)15(23,24)25/h2-6H,1H3,(H,27,28). The van der Waals surface area contributed by atoms with Crippen molar-refractivity contribution in [3.8, 4) is 0 Å². The molecular weight excluding hydrogens is 444 g/mol. The van der Waals surface area contributed by atoms with E-state index in [0.717, 1.165) is 11.3 Å². The summed E-state index contributed by atoms with van der Waals surface area (Å²) < 4.78 is 130. The van der Waals surface area contributed by atoms with Crippen molar-refractivity contribution in [3.05, 3.63) is 46.0 Å². The Labute approximate surface area is 160 Å². The smallest absolute Gasteiger partial charge is 0.253 e. The summed E-state index contributed by atoms with van der Waals surface area (Å²) in [6, 6.07) is 0.442. The summed E-state index contributed by atoms with van der Waals surface area (Å²) in [6.45, 7) is 1.64.